The molecule has 1 unspecified atom stereocenters. The number of hydrogen-bond acceptors (Lipinski definition) is 8. The summed E-state index contributed by atoms with van der Waals surface area (Å²) in [6, 6.07) is 10.2. The molecule has 1 saturated heterocycles. The maximum absolute atomic E-state index is 5.74. The number of benzene rings is 1. The summed E-state index contributed by atoms with van der Waals surface area (Å²) in [7, 11) is 0. The first-order chi connectivity index (χ1) is 10.6. The van der Waals surface area contributed by atoms with Crippen molar-refractivity contribution >= 4 is 23.5 Å². The number of nitrogens with one attached hydrogen (secondary N) is 1. The Morgan fingerprint density at radius 1 is 1.14 bits per heavy atom. The van der Waals surface area contributed by atoms with Gasteiger partial charge in [-0.15, -0.1) is 0 Å². The highest BCUT2D eigenvalue weighted by molar-refractivity contribution is 5.57. The standard InChI is InChI=1S/C14H20N8/c1-10-9-17-7-8-21(10)22(11-5-3-2-4-6-11)14-19-12(15)18-13(16)20-14/h2-6,10,17H,7-9H2,1H3,(H4,15,16,18,19,20). The van der Waals surface area contributed by atoms with E-state index in [9.17, 15) is 0 Å². The number of piperazine rings is 1. The molecule has 0 saturated carbocycles. The van der Waals surface area contributed by atoms with Gasteiger partial charge in [0, 0.05) is 25.7 Å². The van der Waals surface area contributed by atoms with Crippen molar-refractivity contribution in [3.05, 3.63) is 30.3 Å². The molecule has 116 valence electrons. The van der Waals surface area contributed by atoms with E-state index in [4.69, 9.17) is 11.5 Å². The van der Waals surface area contributed by atoms with Crippen LogP contribution in [0.15, 0.2) is 30.3 Å². The van der Waals surface area contributed by atoms with Crippen molar-refractivity contribution in [2.24, 2.45) is 0 Å². The maximum Gasteiger partial charge on any atom is 0.251 e. The minimum atomic E-state index is 0.117. The van der Waals surface area contributed by atoms with Crippen LogP contribution in [0.5, 0.6) is 0 Å². The summed E-state index contributed by atoms with van der Waals surface area (Å²) < 4.78 is 0. The zero-order chi connectivity index (χ0) is 15.5. The lowest BCUT2D eigenvalue weighted by Gasteiger charge is -2.41. The van der Waals surface area contributed by atoms with Crippen molar-refractivity contribution in [2.75, 3.05) is 36.1 Å². The zero-order valence-corrected chi connectivity index (χ0v) is 12.5. The summed E-state index contributed by atoms with van der Waals surface area (Å²) in [6.07, 6.45) is 0. The molecule has 2 heterocycles. The molecule has 3 rings (SSSR count). The fourth-order valence-electron chi connectivity index (χ4n) is 2.57. The lowest BCUT2D eigenvalue weighted by Crippen LogP contribution is -2.56. The van der Waals surface area contributed by atoms with Gasteiger partial charge in [0.2, 0.25) is 11.9 Å². The van der Waals surface area contributed by atoms with Crippen LogP contribution in [0.2, 0.25) is 0 Å². The summed E-state index contributed by atoms with van der Waals surface area (Å²) in [5.74, 6) is 0.669. The van der Waals surface area contributed by atoms with E-state index >= 15 is 0 Å². The quantitative estimate of drug-likeness (QED) is 0.746. The number of nitrogen functional groups attached to an aromatic ring is 2. The van der Waals surface area contributed by atoms with Crippen molar-refractivity contribution in [1.82, 2.24) is 25.3 Å². The lowest BCUT2D eigenvalue weighted by atomic mass is 10.2. The van der Waals surface area contributed by atoms with E-state index in [1.54, 1.807) is 0 Å². The molecule has 1 aliphatic rings. The van der Waals surface area contributed by atoms with Gasteiger partial charge in [0.25, 0.3) is 5.95 Å². The molecule has 0 bridgehead atoms. The molecule has 0 aliphatic carbocycles. The number of anilines is 4. The third-order valence-electron chi connectivity index (χ3n) is 3.57. The smallest absolute Gasteiger partial charge is 0.251 e. The van der Waals surface area contributed by atoms with Gasteiger partial charge in [-0.25, -0.2) is 10.0 Å². The zero-order valence-electron chi connectivity index (χ0n) is 12.5. The SMILES string of the molecule is CC1CNCCN1N(c1ccccc1)c1nc(N)nc(N)n1. The van der Waals surface area contributed by atoms with Gasteiger partial charge in [-0.1, -0.05) is 18.2 Å². The maximum atomic E-state index is 5.74. The van der Waals surface area contributed by atoms with E-state index in [1.165, 1.54) is 0 Å². The molecular weight excluding hydrogens is 280 g/mol. The van der Waals surface area contributed by atoms with Gasteiger partial charge in [-0.05, 0) is 19.1 Å². The first-order valence-corrected chi connectivity index (χ1v) is 7.24. The molecule has 1 aromatic heterocycles. The predicted molar refractivity (Wildman–Crippen MR) is 86.3 cm³/mol. The van der Waals surface area contributed by atoms with Crippen molar-refractivity contribution in [2.45, 2.75) is 13.0 Å². The Kier molecular flexibility index (Phi) is 4.03. The van der Waals surface area contributed by atoms with E-state index in [2.05, 4.69) is 32.2 Å². The number of nitrogens with zero attached hydrogens (tertiary/aromatic N) is 5. The fraction of sp³-hybridized carbons (Fsp3) is 0.357. The molecule has 0 spiro atoms. The van der Waals surface area contributed by atoms with E-state index in [0.717, 1.165) is 25.3 Å². The second-order valence-electron chi connectivity index (χ2n) is 5.22. The van der Waals surface area contributed by atoms with Gasteiger partial charge in [0.1, 0.15) is 0 Å². The van der Waals surface area contributed by atoms with E-state index in [1.807, 2.05) is 35.3 Å². The molecule has 1 atom stereocenters. The third kappa shape index (κ3) is 2.92. The van der Waals surface area contributed by atoms with Crippen LogP contribution in [-0.4, -0.2) is 45.6 Å². The minimum absolute atomic E-state index is 0.117. The lowest BCUT2D eigenvalue weighted by molar-refractivity contribution is 0.173. The van der Waals surface area contributed by atoms with Crippen molar-refractivity contribution in [3.63, 3.8) is 0 Å². The third-order valence-corrected chi connectivity index (χ3v) is 3.57. The number of hydrogen-bond donors (Lipinski definition) is 3. The first-order valence-electron chi connectivity index (χ1n) is 7.24. The number of nitrogens with two attached hydrogens (primary N) is 2. The highest BCUT2D eigenvalue weighted by atomic mass is 15.7. The minimum Gasteiger partial charge on any atom is -0.368 e. The molecule has 22 heavy (non-hydrogen) atoms. The molecule has 8 heteroatoms. The molecule has 1 aromatic carbocycles. The molecular formula is C14H20N8. The molecule has 0 amide bonds. The predicted octanol–water partition coefficient (Wildman–Crippen LogP) is 0.383. The Morgan fingerprint density at radius 2 is 1.82 bits per heavy atom. The fourth-order valence-corrected chi connectivity index (χ4v) is 2.57. The second-order valence-corrected chi connectivity index (χ2v) is 5.22. The van der Waals surface area contributed by atoms with Crippen LogP contribution in [0.4, 0.5) is 23.5 Å². The Labute approximate surface area is 129 Å². The van der Waals surface area contributed by atoms with Crippen LogP contribution in [0, 0.1) is 0 Å². The number of rotatable bonds is 3. The van der Waals surface area contributed by atoms with E-state index in [-0.39, 0.29) is 17.9 Å². The topological polar surface area (TPSA) is 109 Å². The Morgan fingerprint density at radius 3 is 2.45 bits per heavy atom. The molecule has 1 fully saturated rings. The van der Waals surface area contributed by atoms with Gasteiger partial charge >= 0.3 is 0 Å². The summed E-state index contributed by atoms with van der Waals surface area (Å²) >= 11 is 0. The van der Waals surface area contributed by atoms with Gasteiger partial charge in [-0.2, -0.15) is 15.0 Å². The normalized spacial score (nSPS) is 19.0. The summed E-state index contributed by atoms with van der Waals surface area (Å²) in [6.45, 7) is 4.76. The summed E-state index contributed by atoms with van der Waals surface area (Å²) in [5, 5.41) is 7.54. The first kappa shape index (κ1) is 14.5. The molecule has 2 aromatic rings. The van der Waals surface area contributed by atoms with E-state index < -0.39 is 0 Å². The van der Waals surface area contributed by atoms with Crippen LogP contribution >= 0.6 is 0 Å². The molecule has 8 nitrogen and oxygen atoms in total. The van der Waals surface area contributed by atoms with Crippen LogP contribution in [0.3, 0.4) is 0 Å². The highest BCUT2D eigenvalue weighted by Crippen LogP contribution is 2.26. The van der Waals surface area contributed by atoms with Crippen molar-refractivity contribution in [3.8, 4) is 0 Å². The van der Waals surface area contributed by atoms with Crippen LogP contribution in [-0.2, 0) is 0 Å². The van der Waals surface area contributed by atoms with E-state index in [0.29, 0.717) is 5.95 Å². The Hall–Kier alpha value is -2.45. The monoisotopic (exact) mass is 300 g/mol. The second kappa shape index (κ2) is 6.12. The molecule has 5 N–H and O–H groups in total. The molecule has 0 radical (unpaired) electrons. The Balaban J connectivity index is 2.06. The van der Waals surface area contributed by atoms with Crippen molar-refractivity contribution < 1.29 is 0 Å². The average molecular weight is 300 g/mol. The number of para-hydroxylation sites is 1. The van der Waals surface area contributed by atoms with Gasteiger partial charge in [0.05, 0.1) is 5.69 Å². The number of hydrazine groups is 1. The summed E-state index contributed by atoms with van der Waals surface area (Å²) in [4.78, 5) is 12.4. The van der Waals surface area contributed by atoms with Crippen molar-refractivity contribution in [1.29, 1.82) is 0 Å². The largest absolute Gasteiger partial charge is 0.368 e. The average Bonchev–Trinajstić information content (AvgIpc) is 2.50. The molecule has 1 aliphatic heterocycles. The highest BCUT2D eigenvalue weighted by Gasteiger charge is 2.28. The number of aromatic nitrogens is 3. The van der Waals surface area contributed by atoms with Crippen LogP contribution in [0.1, 0.15) is 6.92 Å². The summed E-state index contributed by atoms with van der Waals surface area (Å²) in [5.41, 5.74) is 12.4. The van der Waals surface area contributed by atoms with Crippen LogP contribution in [0.25, 0.3) is 0 Å². The Bertz CT molecular complexity index is 612. The van der Waals surface area contributed by atoms with Gasteiger partial charge in [-0.3, -0.25) is 0 Å². The van der Waals surface area contributed by atoms with Gasteiger partial charge in [0.15, 0.2) is 0 Å². The van der Waals surface area contributed by atoms with Gasteiger partial charge < -0.3 is 16.8 Å². The van der Waals surface area contributed by atoms with Crippen LogP contribution < -0.4 is 21.8 Å².